The fraction of sp³-hybridized carbons (Fsp3) is 0. The molecule has 0 unspecified atom stereocenters. The second kappa shape index (κ2) is 20.3. The van der Waals surface area contributed by atoms with Gasteiger partial charge in [-0.25, -0.2) is 0 Å². The molecule has 0 aliphatic rings. The highest BCUT2D eigenvalue weighted by molar-refractivity contribution is 6.18. The fourth-order valence-electron chi connectivity index (χ4n) is 15.4. The first-order chi connectivity index (χ1) is 46.1. The van der Waals surface area contributed by atoms with Crippen LogP contribution in [0.15, 0.2) is 309 Å². The Kier molecular flexibility index (Phi) is 11.4. The first-order valence-corrected chi connectivity index (χ1v) is 31.4. The van der Waals surface area contributed by atoms with Crippen molar-refractivity contribution in [2.24, 2.45) is 0 Å². The number of hydrogen-bond acceptors (Lipinski definition) is 2. The molecule has 0 saturated heterocycles. The predicted molar refractivity (Wildman–Crippen MR) is 384 cm³/mol. The van der Waals surface area contributed by atoms with Gasteiger partial charge in [0, 0.05) is 59.5 Å². The normalized spacial score (nSPS) is 11.8. The molecular weight excluding hydrogens is 1130 g/mol. The Balaban J connectivity index is 1.03. The van der Waals surface area contributed by atoms with Crippen LogP contribution >= 0.6 is 0 Å². The molecular formula is C86H51N7. The third-order valence-corrected chi connectivity index (χ3v) is 19.3. The maximum absolute atomic E-state index is 13.2. The maximum Gasteiger partial charge on any atom is 0.104 e. The summed E-state index contributed by atoms with van der Waals surface area (Å²) in [6.07, 6.45) is 0. The van der Waals surface area contributed by atoms with Gasteiger partial charge in [-0.2, -0.15) is 10.5 Å². The summed E-state index contributed by atoms with van der Waals surface area (Å²) in [5.74, 6) is 0. The van der Waals surface area contributed by atoms with E-state index in [2.05, 4.69) is 326 Å². The summed E-state index contributed by atoms with van der Waals surface area (Å²) in [4.78, 5) is 0. The van der Waals surface area contributed by atoms with E-state index in [0.717, 1.165) is 137 Å². The zero-order valence-corrected chi connectivity index (χ0v) is 50.1. The summed E-state index contributed by atoms with van der Waals surface area (Å²) >= 11 is 0. The van der Waals surface area contributed by atoms with Crippen LogP contribution in [-0.2, 0) is 0 Å². The molecule has 0 spiro atoms. The molecule has 0 aliphatic carbocycles. The number of hydrogen-bond donors (Lipinski definition) is 0. The molecule has 0 N–H and O–H groups in total. The molecule has 5 aromatic heterocycles. The van der Waals surface area contributed by atoms with Crippen LogP contribution in [0.2, 0.25) is 0 Å². The molecule has 19 rings (SSSR count). The standard InChI is InChI=1S/C86H51N7/c87-52-71-83(90-75-36-18-12-30-63(75)67-48-57(40-44-79(67)90)54-22-4-1-5-23-54)84(91-76-37-19-13-31-64(76)68-49-58(41-45-80(68)91)55-24-6-2-7-25-55)72(53-88)86(85(71)92-77-38-20-14-32-65(77)69-50-59(42-46-81(69)92)56-26-8-3-9-27-56)93-78-39-21-15-33-66(78)70-51-60(43-47-82(70)93)89-73-34-16-10-28-61(73)62-29-11-17-35-74(62)89/h1-51H. The summed E-state index contributed by atoms with van der Waals surface area (Å²) in [6, 6.07) is 116. The molecule has 0 radical (unpaired) electrons. The average Bonchev–Trinajstić information content (AvgIpc) is 1.58. The van der Waals surface area contributed by atoms with Gasteiger partial charge < -0.3 is 22.8 Å². The van der Waals surface area contributed by atoms with Crippen molar-refractivity contribution in [1.82, 2.24) is 22.8 Å². The molecule has 430 valence electrons. The Morgan fingerprint density at radius 3 is 0.699 bits per heavy atom. The van der Waals surface area contributed by atoms with E-state index in [1.54, 1.807) is 0 Å². The first-order valence-electron chi connectivity index (χ1n) is 31.4. The minimum Gasteiger partial charge on any atom is -0.309 e. The van der Waals surface area contributed by atoms with Crippen molar-refractivity contribution in [2.45, 2.75) is 0 Å². The van der Waals surface area contributed by atoms with Gasteiger partial charge in [-0.05, 0) is 124 Å². The molecule has 0 fully saturated rings. The second-order valence-corrected chi connectivity index (χ2v) is 24.1. The van der Waals surface area contributed by atoms with Crippen LogP contribution in [0.3, 0.4) is 0 Å². The molecule has 5 heterocycles. The highest BCUT2D eigenvalue weighted by Gasteiger charge is 2.35. The van der Waals surface area contributed by atoms with Crippen LogP contribution in [0.25, 0.3) is 171 Å². The van der Waals surface area contributed by atoms with Crippen LogP contribution < -0.4 is 0 Å². The van der Waals surface area contributed by atoms with Gasteiger partial charge in [0.05, 0.1) is 77.9 Å². The van der Waals surface area contributed by atoms with Crippen LogP contribution in [0.5, 0.6) is 0 Å². The van der Waals surface area contributed by atoms with Gasteiger partial charge in [-0.1, -0.05) is 218 Å². The van der Waals surface area contributed by atoms with Crippen LogP contribution in [0.1, 0.15) is 11.1 Å². The average molecular weight is 1180 g/mol. The number of nitrogens with zero attached hydrogens (tertiary/aromatic N) is 7. The SMILES string of the molecule is N#Cc1c(-n2c3ccccc3c3cc(-c4ccccc4)ccc32)c(-n2c3ccccc3c3cc(-c4ccccc4)ccc32)c(C#N)c(-n2c3ccccc3c3cc(-n4c5ccccc5c5ccccc54)ccc32)c1-n1c2ccccc2c2cc(-c3ccccc3)ccc21. The maximum atomic E-state index is 13.2. The largest absolute Gasteiger partial charge is 0.309 e. The lowest BCUT2D eigenvalue weighted by Gasteiger charge is -2.27. The summed E-state index contributed by atoms with van der Waals surface area (Å²) in [6.45, 7) is 0. The third kappa shape index (κ3) is 7.57. The van der Waals surface area contributed by atoms with Gasteiger partial charge in [0.1, 0.15) is 23.3 Å². The molecule has 19 aromatic rings. The Morgan fingerprint density at radius 2 is 0.409 bits per heavy atom. The molecule has 0 aliphatic heterocycles. The van der Waals surface area contributed by atoms with Crippen LogP contribution in [-0.4, -0.2) is 22.8 Å². The lowest BCUT2D eigenvalue weighted by atomic mass is 9.98. The zero-order chi connectivity index (χ0) is 61.4. The molecule has 7 heteroatoms. The number of fused-ring (bicyclic) bond motifs is 15. The first kappa shape index (κ1) is 52.0. The smallest absolute Gasteiger partial charge is 0.104 e. The van der Waals surface area contributed by atoms with E-state index < -0.39 is 0 Å². The number of benzene rings is 14. The molecule has 0 bridgehead atoms. The van der Waals surface area contributed by atoms with E-state index in [-0.39, 0.29) is 0 Å². The van der Waals surface area contributed by atoms with Gasteiger partial charge in [0.15, 0.2) is 0 Å². The van der Waals surface area contributed by atoms with Crippen LogP contribution in [0, 0.1) is 22.7 Å². The molecule has 0 atom stereocenters. The Morgan fingerprint density at radius 1 is 0.183 bits per heavy atom. The monoisotopic (exact) mass is 1180 g/mol. The van der Waals surface area contributed by atoms with Crippen molar-refractivity contribution in [2.75, 3.05) is 0 Å². The van der Waals surface area contributed by atoms with E-state index in [9.17, 15) is 10.5 Å². The minimum atomic E-state index is 0.390. The van der Waals surface area contributed by atoms with Crippen molar-refractivity contribution in [3.05, 3.63) is 321 Å². The topological polar surface area (TPSA) is 72.2 Å². The van der Waals surface area contributed by atoms with Crippen LogP contribution in [0.4, 0.5) is 0 Å². The number of rotatable bonds is 8. The molecule has 0 saturated carbocycles. The Labute approximate surface area is 533 Å². The Hall–Kier alpha value is -12.9. The zero-order valence-electron chi connectivity index (χ0n) is 50.1. The minimum absolute atomic E-state index is 0.390. The molecule has 14 aromatic carbocycles. The number of nitriles is 2. The lowest BCUT2D eigenvalue weighted by Crippen LogP contribution is -2.16. The Bertz CT molecular complexity index is 6380. The van der Waals surface area contributed by atoms with Gasteiger partial charge >= 0.3 is 0 Å². The fourth-order valence-corrected chi connectivity index (χ4v) is 15.4. The van der Waals surface area contributed by atoms with Gasteiger partial charge in [0.2, 0.25) is 0 Å². The van der Waals surface area contributed by atoms with Gasteiger partial charge in [-0.3, -0.25) is 0 Å². The van der Waals surface area contributed by atoms with Crippen molar-refractivity contribution in [3.63, 3.8) is 0 Å². The van der Waals surface area contributed by atoms with Crippen molar-refractivity contribution in [3.8, 4) is 74.0 Å². The highest BCUT2D eigenvalue weighted by Crippen LogP contribution is 2.50. The summed E-state index contributed by atoms with van der Waals surface area (Å²) in [5, 5.41) is 36.8. The van der Waals surface area contributed by atoms with Crippen molar-refractivity contribution in [1.29, 1.82) is 10.5 Å². The van der Waals surface area contributed by atoms with E-state index in [4.69, 9.17) is 0 Å². The lowest BCUT2D eigenvalue weighted by molar-refractivity contribution is 1.02. The molecule has 93 heavy (non-hydrogen) atoms. The summed E-state index contributed by atoms with van der Waals surface area (Å²) < 4.78 is 11.5. The third-order valence-electron chi connectivity index (χ3n) is 19.3. The second-order valence-electron chi connectivity index (χ2n) is 24.1. The number of para-hydroxylation sites is 6. The summed E-state index contributed by atoms with van der Waals surface area (Å²) in [7, 11) is 0. The predicted octanol–water partition coefficient (Wildman–Crippen LogP) is 21.9. The van der Waals surface area contributed by atoms with Gasteiger partial charge in [-0.15, -0.1) is 0 Å². The highest BCUT2D eigenvalue weighted by atomic mass is 15.1. The van der Waals surface area contributed by atoms with Crippen molar-refractivity contribution < 1.29 is 0 Å². The van der Waals surface area contributed by atoms with E-state index >= 15 is 0 Å². The van der Waals surface area contributed by atoms with E-state index in [0.29, 0.717) is 33.9 Å². The van der Waals surface area contributed by atoms with E-state index in [1.165, 1.54) is 10.8 Å². The molecule has 0 amide bonds. The quantitative estimate of drug-likeness (QED) is 0.152. The summed E-state index contributed by atoms with van der Waals surface area (Å²) in [5.41, 5.74) is 20.0. The number of aromatic nitrogens is 5. The van der Waals surface area contributed by atoms with E-state index in [1.807, 2.05) is 18.2 Å². The van der Waals surface area contributed by atoms with Gasteiger partial charge in [0.25, 0.3) is 0 Å². The van der Waals surface area contributed by atoms with Crippen molar-refractivity contribution >= 4 is 109 Å². The molecule has 7 nitrogen and oxygen atoms in total.